The molecule has 10 nitrogen and oxygen atoms in total. The Morgan fingerprint density at radius 2 is 1.63 bits per heavy atom. The first-order valence-electron chi connectivity index (χ1n) is 11.5. The van der Waals surface area contributed by atoms with Gasteiger partial charge in [-0.1, -0.05) is 12.1 Å². The Bertz CT molecular complexity index is 1800. The van der Waals surface area contributed by atoms with Gasteiger partial charge in [-0.25, -0.2) is 18.5 Å². The molecule has 0 saturated carbocycles. The van der Waals surface area contributed by atoms with E-state index < -0.39 is 10.0 Å². The number of nitrogens with one attached hydrogen (secondary N) is 1. The number of hydrogen-bond donors (Lipinski definition) is 2. The minimum Gasteiger partial charge on any atom is -0.436 e. The number of rotatable bonds is 6. The molecule has 38 heavy (non-hydrogen) atoms. The minimum absolute atomic E-state index is 0.0593. The lowest BCUT2D eigenvalue weighted by molar-refractivity contribution is 0.459. The molecule has 0 bridgehead atoms. The lowest BCUT2D eigenvalue weighted by atomic mass is 10.00. The first kappa shape index (κ1) is 24.9. The van der Waals surface area contributed by atoms with Crippen LogP contribution in [0.25, 0.3) is 22.3 Å². The van der Waals surface area contributed by atoms with Gasteiger partial charge in [-0.15, -0.1) is 0 Å². The molecule has 0 fully saturated rings. The number of hydrogen-bond acceptors (Lipinski definition) is 8. The number of aromatic nitrogens is 4. The third-order valence-corrected chi connectivity index (χ3v) is 6.91. The molecule has 0 aliphatic rings. The van der Waals surface area contributed by atoms with Crippen molar-refractivity contribution < 1.29 is 13.2 Å². The topological polar surface area (TPSA) is 149 Å². The van der Waals surface area contributed by atoms with Gasteiger partial charge >= 0.3 is 0 Å². The van der Waals surface area contributed by atoms with E-state index in [-0.39, 0.29) is 4.90 Å². The molecule has 0 unspecified atom stereocenters. The molecule has 5 aromatic rings. The molecule has 0 atom stereocenters. The molecule has 0 amide bonds. The Morgan fingerprint density at radius 3 is 2.24 bits per heavy atom. The Hall–Kier alpha value is -4.79. The molecule has 0 spiro atoms. The number of imidazole rings is 1. The van der Waals surface area contributed by atoms with E-state index in [1.54, 1.807) is 47.3 Å². The number of nitriles is 1. The quantitative estimate of drug-likeness (QED) is 0.324. The summed E-state index contributed by atoms with van der Waals surface area (Å²) in [5.74, 6) is 1.28. The van der Waals surface area contributed by atoms with Crippen molar-refractivity contribution in [2.24, 2.45) is 12.2 Å². The van der Waals surface area contributed by atoms with E-state index in [1.165, 1.54) is 12.1 Å². The van der Waals surface area contributed by atoms with E-state index in [2.05, 4.69) is 26.3 Å². The third kappa shape index (κ3) is 4.90. The second kappa shape index (κ2) is 9.59. The van der Waals surface area contributed by atoms with Gasteiger partial charge in [0.05, 0.1) is 22.9 Å². The molecule has 2 aromatic heterocycles. The van der Waals surface area contributed by atoms with Crippen LogP contribution in [0, 0.1) is 25.2 Å². The molecule has 190 valence electrons. The maximum absolute atomic E-state index is 11.6. The van der Waals surface area contributed by atoms with Crippen LogP contribution in [0.2, 0.25) is 0 Å². The van der Waals surface area contributed by atoms with E-state index in [4.69, 9.17) is 15.1 Å². The maximum atomic E-state index is 11.6. The predicted molar refractivity (Wildman–Crippen MR) is 144 cm³/mol. The maximum Gasteiger partial charge on any atom is 0.250 e. The summed E-state index contributed by atoms with van der Waals surface area (Å²) in [7, 11) is -1.92. The van der Waals surface area contributed by atoms with E-state index in [1.807, 2.05) is 33.0 Å². The number of anilines is 2. The Balaban J connectivity index is 1.50. The molecule has 3 aromatic carbocycles. The zero-order valence-electron chi connectivity index (χ0n) is 20.8. The summed E-state index contributed by atoms with van der Waals surface area (Å²) < 4.78 is 31.3. The summed E-state index contributed by atoms with van der Waals surface area (Å²) in [5, 5.41) is 17.4. The molecule has 0 saturated heterocycles. The number of primary sulfonamides is 1. The van der Waals surface area contributed by atoms with Crippen molar-refractivity contribution in [1.82, 2.24) is 19.5 Å². The van der Waals surface area contributed by atoms with Crippen molar-refractivity contribution in [2.45, 2.75) is 18.7 Å². The van der Waals surface area contributed by atoms with Gasteiger partial charge in [0.1, 0.15) is 5.75 Å². The Morgan fingerprint density at radius 1 is 0.974 bits per heavy atom. The Labute approximate surface area is 219 Å². The molecule has 0 aliphatic carbocycles. The number of sulfonamides is 1. The van der Waals surface area contributed by atoms with Crippen molar-refractivity contribution in [2.75, 3.05) is 5.32 Å². The summed E-state index contributed by atoms with van der Waals surface area (Å²) in [6.07, 6.45) is 1.64. The first-order valence-corrected chi connectivity index (χ1v) is 13.1. The van der Waals surface area contributed by atoms with Crippen molar-refractivity contribution in [3.05, 3.63) is 83.7 Å². The average Bonchev–Trinajstić information content (AvgIpc) is 3.26. The Kier molecular flexibility index (Phi) is 6.28. The highest BCUT2D eigenvalue weighted by Gasteiger charge is 2.18. The van der Waals surface area contributed by atoms with Crippen LogP contribution < -0.4 is 15.2 Å². The molecule has 5 rings (SSSR count). The van der Waals surface area contributed by atoms with Crippen LogP contribution in [0.5, 0.6) is 11.6 Å². The normalized spacial score (nSPS) is 11.3. The largest absolute Gasteiger partial charge is 0.436 e. The van der Waals surface area contributed by atoms with Gasteiger partial charge < -0.3 is 14.6 Å². The fourth-order valence-electron chi connectivity index (χ4n) is 4.12. The summed E-state index contributed by atoms with van der Waals surface area (Å²) in [4.78, 5) is 13.6. The fraction of sp³-hybridized carbons (Fsp3) is 0.111. The van der Waals surface area contributed by atoms with Gasteiger partial charge in [0.25, 0.3) is 5.88 Å². The molecule has 0 radical (unpaired) electrons. The van der Waals surface area contributed by atoms with Crippen LogP contribution >= 0.6 is 0 Å². The van der Waals surface area contributed by atoms with Crippen LogP contribution in [0.4, 0.5) is 11.6 Å². The smallest absolute Gasteiger partial charge is 0.250 e. The van der Waals surface area contributed by atoms with Crippen LogP contribution in [0.15, 0.2) is 71.9 Å². The number of nitrogens with two attached hydrogens (primary N) is 1. The molecule has 3 N–H and O–H groups in total. The molecular weight excluding hydrogens is 502 g/mol. The monoisotopic (exact) mass is 525 g/mol. The third-order valence-electron chi connectivity index (χ3n) is 5.98. The molecular formula is C27H23N7O3S. The summed E-state index contributed by atoms with van der Waals surface area (Å²) in [5.41, 5.74) is 5.86. The number of fused-ring (bicyclic) bond motifs is 1. The minimum atomic E-state index is -3.76. The fourth-order valence-corrected chi connectivity index (χ4v) is 4.63. The van der Waals surface area contributed by atoms with E-state index in [0.29, 0.717) is 34.3 Å². The number of nitrogens with zero attached hydrogens (tertiary/aromatic N) is 5. The zero-order chi connectivity index (χ0) is 27.0. The summed E-state index contributed by atoms with van der Waals surface area (Å²) >= 11 is 0. The van der Waals surface area contributed by atoms with E-state index in [0.717, 1.165) is 27.9 Å². The standard InChI is InChI=1S/C27H23N7O3S/c1-16-12-20(19-6-10-22(11-7-19)38(29,35)36)13-17(2)24(16)37-26-23-25(30-15-34(23)3)32-27(33-26)31-21-8-4-18(14-28)5-9-21/h4-13,15H,1-3H3,(H2,29,35,36)(H,31,32,33). The van der Waals surface area contributed by atoms with Crippen molar-refractivity contribution in [1.29, 1.82) is 5.26 Å². The highest BCUT2D eigenvalue weighted by Crippen LogP contribution is 2.35. The van der Waals surface area contributed by atoms with Crippen LogP contribution in [0.1, 0.15) is 16.7 Å². The number of benzene rings is 3. The van der Waals surface area contributed by atoms with Gasteiger partial charge in [-0.3, -0.25) is 0 Å². The van der Waals surface area contributed by atoms with Gasteiger partial charge in [0.15, 0.2) is 11.2 Å². The van der Waals surface area contributed by atoms with Crippen molar-refractivity contribution in [3.63, 3.8) is 0 Å². The molecule has 2 heterocycles. The van der Waals surface area contributed by atoms with E-state index in [9.17, 15) is 8.42 Å². The number of aryl methyl sites for hydroxylation is 3. The van der Waals surface area contributed by atoms with Crippen molar-refractivity contribution >= 4 is 32.8 Å². The molecule has 0 aliphatic heterocycles. The summed E-state index contributed by atoms with van der Waals surface area (Å²) in [6, 6.07) is 19.4. The first-order chi connectivity index (χ1) is 18.1. The van der Waals surface area contributed by atoms with Gasteiger partial charge in [0.2, 0.25) is 16.0 Å². The van der Waals surface area contributed by atoms with Gasteiger partial charge in [-0.05, 0) is 84.6 Å². The lowest BCUT2D eigenvalue weighted by Crippen LogP contribution is -2.11. The second-order valence-electron chi connectivity index (χ2n) is 8.80. The summed E-state index contributed by atoms with van der Waals surface area (Å²) in [6.45, 7) is 3.87. The van der Waals surface area contributed by atoms with Gasteiger partial charge in [0, 0.05) is 12.7 Å². The average molecular weight is 526 g/mol. The van der Waals surface area contributed by atoms with Crippen molar-refractivity contribution in [3.8, 4) is 28.8 Å². The van der Waals surface area contributed by atoms with E-state index >= 15 is 0 Å². The highest BCUT2D eigenvalue weighted by atomic mass is 32.2. The SMILES string of the molecule is Cc1cc(-c2ccc(S(N)(=O)=O)cc2)cc(C)c1Oc1nc(Nc2ccc(C#N)cc2)nc2ncn(C)c12. The predicted octanol–water partition coefficient (Wildman–Crippen LogP) is 4.70. The van der Waals surface area contributed by atoms with Crippen LogP contribution in [-0.4, -0.2) is 27.9 Å². The lowest BCUT2D eigenvalue weighted by Gasteiger charge is -2.15. The number of ether oxygens (including phenoxy) is 1. The molecule has 11 heteroatoms. The zero-order valence-corrected chi connectivity index (χ0v) is 21.6. The highest BCUT2D eigenvalue weighted by molar-refractivity contribution is 7.89. The second-order valence-corrected chi connectivity index (χ2v) is 10.4. The van der Waals surface area contributed by atoms with Gasteiger partial charge in [-0.2, -0.15) is 15.2 Å². The van der Waals surface area contributed by atoms with Crippen LogP contribution in [-0.2, 0) is 17.1 Å². The van der Waals surface area contributed by atoms with Crippen LogP contribution in [0.3, 0.4) is 0 Å².